The van der Waals surface area contributed by atoms with Gasteiger partial charge in [-0.2, -0.15) is 5.10 Å². The third kappa shape index (κ3) is 2.19. The predicted molar refractivity (Wildman–Crippen MR) is 84.8 cm³/mol. The number of nitrogens with one attached hydrogen (secondary N) is 1. The van der Waals surface area contributed by atoms with Gasteiger partial charge in [-0.15, -0.1) is 0 Å². The van der Waals surface area contributed by atoms with E-state index in [0.29, 0.717) is 11.3 Å². The van der Waals surface area contributed by atoms with Crippen LogP contribution < -0.4 is 0 Å². The fourth-order valence-electron chi connectivity index (χ4n) is 3.26. The number of hydrogen-bond acceptors (Lipinski definition) is 4. The monoisotopic (exact) mass is 310 g/mol. The molecule has 1 N–H and O–H groups in total. The van der Waals surface area contributed by atoms with Gasteiger partial charge in [-0.25, -0.2) is 9.97 Å². The number of rotatable bonds is 2. The van der Waals surface area contributed by atoms with Crippen molar-refractivity contribution in [1.82, 2.24) is 29.6 Å². The van der Waals surface area contributed by atoms with E-state index in [2.05, 4.69) is 20.1 Å². The third-order valence-corrected chi connectivity index (χ3v) is 4.65. The van der Waals surface area contributed by atoms with Crippen LogP contribution in [0.5, 0.6) is 0 Å². The van der Waals surface area contributed by atoms with Gasteiger partial charge in [0.15, 0.2) is 5.65 Å². The molecule has 0 spiro atoms. The Balaban J connectivity index is 1.67. The fourth-order valence-corrected chi connectivity index (χ4v) is 3.26. The lowest BCUT2D eigenvalue weighted by atomic mass is 10.1. The van der Waals surface area contributed by atoms with Crippen molar-refractivity contribution >= 4 is 17.1 Å². The van der Waals surface area contributed by atoms with E-state index in [0.717, 1.165) is 36.2 Å². The second-order valence-corrected chi connectivity index (χ2v) is 5.94. The summed E-state index contributed by atoms with van der Waals surface area (Å²) in [6.07, 6.45) is 5.41. The number of nitrogens with zero attached hydrogens (tertiary/aromatic N) is 5. The van der Waals surface area contributed by atoms with Gasteiger partial charge < -0.3 is 9.88 Å². The zero-order valence-electron chi connectivity index (χ0n) is 13.2. The summed E-state index contributed by atoms with van der Waals surface area (Å²) in [6.45, 7) is 2.79. The normalized spacial score (nSPS) is 18.0. The van der Waals surface area contributed by atoms with Gasteiger partial charge >= 0.3 is 0 Å². The molecule has 1 unspecified atom stereocenters. The fraction of sp³-hybridized carbons (Fsp3) is 0.375. The standard InChI is InChI=1S/C16H18N6O/c1-10-11(8-19-21(10)2)14-4-3-7-22(14)16(23)13-6-5-12-15(20-13)18-9-17-12/h5-6,8-9,14H,3-4,7H2,1-2H3,(H,17,18,20). The minimum absolute atomic E-state index is 0.0411. The van der Waals surface area contributed by atoms with Crippen LogP contribution in [-0.4, -0.2) is 42.1 Å². The molecule has 4 rings (SSSR count). The molecule has 1 saturated heterocycles. The number of H-pyrrole nitrogens is 1. The Bertz CT molecular complexity index is 880. The molecule has 7 nitrogen and oxygen atoms in total. The lowest BCUT2D eigenvalue weighted by molar-refractivity contribution is 0.0729. The smallest absolute Gasteiger partial charge is 0.273 e. The molecule has 7 heteroatoms. The summed E-state index contributed by atoms with van der Waals surface area (Å²) in [5.74, 6) is -0.0411. The van der Waals surface area contributed by atoms with Gasteiger partial charge in [0.1, 0.15) is 5.69 Å². The van der Waals surface area contributed by atoms with E-state index in [1.807, 2.05) is 35.8 Å². The van der Waals surface area contributed by atoms with Crippen LogP contribution in [0.4, 0.5) is 0 Å². The molecule has 23 heavy (non-hydrogen) atoms. The topological polar surface area (TPSA) is 79.7 Å². The molecule has 1 amide bonds. The molecule has 1 atom stereocenters. The number of fused-ring (bicyclic) bond motifs is 1. The highest BCUT2D eigenvalue weighted by molar-refractivity contribution is 5.94. The number of amides is 1. The highest BCUT2D eigenvalue weighted by atomic mass is 16.2. The molecule has 3 aromatic rings. The summed E-state index contributed by atoms with van der Waals surface area (Å²) in [5.41, 5.74) is 4.08. The molecule has 1 aliphatic rings. The summed E-state index contributed by atoms with van der Waals surface area (Å²) in [5, 5.41) is 4.31. The highest BCUT2D eigenvalue weighted by Crippen LogP contribution is 2.34. The van der Waals surface area contributed by atoms with Gasteiger partial charge in [0.25, 0.3) is 5.91 Å². The summed E-state index contributed by atoms with van der Waals surface area (Å²) in [6, 6.07) is 3.69. The summed E-state index contributed by atoms with van der Waals surface area (Å²) in [7, 11) is 1.92. The summed E-state index contributed by atoms with van der Waals surface area (Å²) < 4.78 is 1.85. The lowest BCUT2D eigenvalue weighted by Crippen LogP contribution is -2.31. The quantitative estimate of drug-likeness (QED) is 0.785. The zero-order valence-corrected chi connectivity index (χ0v) is 13.2. The molecule has 0 aromatic carbocycles. The Morgan fingerprint density at radius 1 is 1.39 bits per heavy atom. The number of aromatic nitrogens is 5. The van der Waals surface area contributed by atoms with Crippen LogP contribution in [0, 0.1) is 6.92 Å². The number of carbonyl (C=O) groups excluding carboxylic acids is 1. The van der Waals surface area contributed by atoms with Gasteiger partial charge in [0.2, 0.25) is 0 Å². The number of carbonyl (C=O) groups is 1. The molecule has 0 bridgehead atoms. The second kappa shape index (κ2) is 5.19. The maximum atomic E-state index is 12.9. The molecule has 0 radical (unpaired) electrons. The summed E-state index contributed by atoms with van der Waals surface area (Å²) in [4.78, 5) is 26.3. The number of aromatic amines is 1. The number of pyridine rings is 1. The van der Waals surface area contributed by atoms with Crippen LogP contribution in [0.25, 0.3) is 11.2 Å². The van der Waals surface area contributed by atoms with Crippen molar-refractivity contribution in [2.45, 2.75) is 25.8 Å². The van der Waals surface area contributed by atoms with Gasteiger partial charge in [0, 0.05) is 24.8 Å². The van der Waals surface area contributed by atoms with E-state index in [1.165, 1.54) is 0 Å². The van der Waals surface area contributed by atoms with Crippen molar-refractivity contribution in [3.8, 4) is 0 Å². The highest BCUT2D eigenvalue weighted by Gasteiger charge is 2.33. The van der Waals surface area contributed by atoms with Crippen molar-refractivity contribution in [1.29, 1.82) is 0 Å². The van der Waals surface area contributed by atoms with Crippen LogP contribution in [0.1, 0.15) is 40.6 Å². The number of imidazole rings is 1. The first kappa shape index (κ1) is 13.9. The SMILES string of the molecule is Cc1c(C2CCCN2C(=O)c2ccc3[nH]cnc3n2)cnn1C. The molecule has 1 fully saturated rings. The van der Waals surface area contributed by atoms with E-state index in [9.17, 15) is 4.79 Å². The van der Waals surface area contributed by atoms with Crippen molar-refractivity contribution in [2.75, 3.05) is 6.54 Å². The van der Waals surface area contributed by atoms with Crippen LogP contribution in [0.2, 0.25) is 0 Å². The largest absolute Gasteiger partial charge is 0.343 e. The Kier molecular flexibility index (Phi) is 3.14. The van der Waals surface area contributed by atoms with E-state index < -0.39 is 0 Å². The third-order valence-electron chi connectivity index (χ3n) is 4.65. The van der Waals surface area contributed by atoms with Crippen LogP contribution in [0.3, 0.4) is 0 Å². The van der Waals surface area contributed by atoms with E-state index in [-0.39, 0.29) is 11.9 Å². The molecule has 3 aromatic heterocycles. The first-order valence-corrected chi connectivity index (χ1v) is 7.75. The van der Waals surface area contributed by atoms with Crippen molar-refractivity contribution in [2.24, 2.45) is 7.05 Å². The van der Waals surface area contributed by atoms with Gasteiger partial charge in [0.05, 0.1) is 24.1 Å². The Morgan fingerprint density at radius 3 is 3.04 bits per heavy atom. The summed E-state index contributed by atoms with van der Waals surface area (Å²) >= 11 is 0. The Hall–Kier alpha value is -2.70. The van der Waals surface area contributed by atoms with Crippen LogP contribution in [0.15, 0.2) is 24.7 Å². The minimum atomic E-state index is -0.0411. The van der Waals surface area contributed by atoms with Crippen LogP contribution >= 0.6 is 0 Å². The number of aryl methyl sites for hydroxylation is 1. The number of hydrogen-bond donors (Lipinski definition) is 1. The minimum Gasteiger partial charge on any atom is -0.343 e. The lowest BCUT2D eigenvalue weighted by Gasteiger charge is -2.24. The van der Waals surface area contributed by atoms with E-state index in [1.54, 1.807) is 12.4 Å². The molecule has 0 aliphatic carbocycles. The molecule has 0 saturated carbocycles. The second-order valence-electron chi connectivity index (χ2n) is 5.94. The average Bonchev–Trinajstić information content (AvgIpc) is 3.27. The van der Waals surface area contributed by atoms with Crippen molar-refractivity contribution in [3.63, 3.8) is 0 Å². The number of likely N-dealkylation sites (tertiary alicyclic amines) is 1. The van der Waals surface area contributed by atoms with E-state index in [4.69, 9.17) is 0 Å². The average molecular weight is 310 g/mol. The van der Waals surface area contributed by atoms with Gasteiger partial charge in [-0.05, 0) is 31.9 Å². The first-order chi connectivity index (χ1) is 11.1. The maximum absolute atomic E-state index is 12.9. The van der Waals surface area contributed by atoms with Gasteiger partial charge in [-0.1, -0.05) is 0 Å². The predicted octanol–water partition coefficient (Wildman–Crippen LogP) is 1.98. The molecule has 1 aliphatic heterocycles. The van der Waals surface area contributed by atoms with Crippen molar-refractivity contribution < 1.29 is 4.79 Å². The molecule has 4 heterocycles. The van der Waals surface area contributed by atoms with Gasteiger partial charge in [-0.3, -0.25) is 9.48 Å². The van der Waals surface area contributed by atoms with Crippen molar-refractivity contribution in [3.05, 3.63) is 41.6 Å². The molecule has 118 valence electrons. The first-order valence-electron chi connectivity index (χ1n) is 7.75. The maximum Gasteiger partial charge on any atom is 0.273 e. The zero-order chi connectivity index (χ0) is 16.0. The molecular weight excluding hydrogens is 292 g/mol. The Labute approximate surface area is 133 Å². The molecular formula is C16H18N6O. The van der Waals surface area contributed by atoms with E-state index >= 15 is 0 Å². The van der Waals surface area contributed by atoms with Crippen LogP contribution in [-0.2, 0) is 7.05 Å². The Morgan fingerprint density at radius 2 is 2.26 bits per heavy atom.